The van der Waals surface area contributed by atoms with Crippen LogP contribution in [-0.2, 0) is 6.54 Å². The lowest BCUT2D eigenvalue weighted by molar-refractivity contribution is 0.247. The van der Waals surface area contributed by atoms with E-state index in [0.29, 0.717) is 25.8 Å². The Morgan fingerprint density at radius 2 is 1.76 bits per heavy atom. The summed E-state index contributed by atoms with van der Waals surface area (Å²) in [6, 6.07) is 8.19. The Labute approximate surface area is 125 Å². The topological polar surface area (TPSA) is 62.3 Å². The molecule has 0 saturated heterocycles. The molecule has 2 aromatic rings. The van der Waals surface area contributed by atoms with Crippen molar-refractivity contribution < 1.29 is 9.47 Å². The van der Waals surface area contributed by atoms with Crippen molar-refractivity contribution in [1.29, 1.82) is 0 Å². The first-order valence-electron chi connectivity index (χ1n) is 7.28. The summed E-state index contributed by atoms with van der Waals surface area (Å²) in [6.07, 6.45) is 4.48. The van der Waals surface area contributed by atoms with Crippen LogP contribution in [0, 0.1) is 0 Å². The molecule has 2 N–H and O–H groups in total. The second-order valence-electron chi connectivity index (χ2n) is 5.15. The molecule has 1 aromatic carbocycles. The van der Waals surface area contributed by atoms with Gasteiger partial charge in [0.25, 0.3) is 0 Å². The van der Waals surface area contributed by atoms with E-state index in [1.165, 1.54) is 0 Å². The van der Waals surface area contributed by atoms with E-state index < -0.39 is 0 Å². The molecule has 0 fully saturated rings. The maximum atomic E-state index is 5.65. The molecule has 0 aliphatic carbocycles. The van der Waals surface area contributed by atoms with Crippen LogP contribution in [0.2, 0.25) is 0 Å². The molecule has 0 amide bonds. The minimum atomic E-state index is 0.349. The highest BCUT2D eigenvalue weighted by atomic mass is 16.5. The minimum Gasteiger partial charge on any atom is -0.493 e. The summed E-state index contributed by atoms with van der Waals surface area (Å²) in [5.41, 5.74) is 6.66. The van der Waals surface area contributed by atoms with Crippen LogP contribution in [0.3, 0.4) is 0 Å². The summed E-state index contributed by atoms with van der Waals surface area (Å²) < 4.78 is 13.2. The summed E-state index contributed by atoms with van der Waals surface area (Å²) in [6.45, 7) is 5.96. The molecule has 114 valence electrons. The number of hydrogen-bond acceptors (Lipinski definition) is 4. The normalized spacial score (nSPS) is 10.9. The Balaban J connectivity index is 1.65. The number of ether oxygens (including phenoxy) is 2. The maximum Gasteiger partial charge on any atom is 0.157 e. The van der Waals surface area contributed by atoms with Crippen molar-refractivity contribution in [3.05, 3.63) is 42.2 Å². The summed E-state index contributed by atoms with van der Waals surface area (Å²) in [5.74, 6) is 1.66. The fraction of sp³-hybridized carbons (Fsp3) is 0.438. The van der Waals surface area contributed by atoms with E-state index >= 15 is 0 Å². The van der Waals surface area contributed by atoms with Gasteiger partial charge in [0.1, 0.15) is 5.75 Å². The first kappa shape index (κ1) is 15.4. The molecule has 0 aliphatic heterocycles. The van der Waals surface area contributed by atoms with Gasteiger partial charge in [0, 0.05) is 19.0 Å². The highest BCUT2D eigenvalue weighted by Gasteiger charge is 2.02. The molecular formula is C16H23N3O2. The molecule has 0 bridgehead atoms. The van der Waals surface area contributed by atoms with Crippen LogP contribution in [0.25, 0.3) is 0 Å². The van der Waals surface area contributed by atoms with Crippen LogP contribution in [0.1, 0.15) is 31.9 Å². The van der Waals surface area contributed by atoms with Crippen molar-refractivity contribution in [1.82, 2.24) is 9.78 Å². The van der Waals surface area contributed by atoms with Crippen molar-refractivity contribution in [2.75, 3.05) is 13.2 Å². The summed E-state index contributed by atoms with van der Waals surface area (Å²) in [4.78, 5) is 0. The van der Waals surface area contributed by atoms with Crippen molar-refractivity contribution in [2.24, 2.45) is 5.73 Å². The Kier molecular flexibility index (Phi) is 5.63. The molecule has 1 aromatic heterocycles. The number of benzene rings is 1. The zero-order valence-corrected chi connectivity index (χ0v) is 12.7. The molecule has 1 heterocycles. The van der Waals surface area contributed by atoms with Crippen LogP contribution in [0.15, 0.2) is 36.7 Å². The predicted molar refractivity (Wildman–Crippen MR) is 82.6 cm³/mol. The van der Waals surface area contributed by atoms with E-state index in [2.05, 4.69) is 18.9 Å². The van der Waals surface area contributed by atoms with Crippen molar-refractivity contribution in [3.63, 3.8) is 0 Å². The molecule has 0 spiro atoms. The summed E-state index contributed by atoms with van der Waals surface area (Å²) >= 11 is 0. The van der Waals surface area contributed by atoms with Crippen LogP contribution in [0.5, 0.6) is 11.5 Å². The van der Waals surface area contributed by atoms with Gasteiger partial charge in [-0.3, -0.25) is 4.68 Å². The second kappa shape index (κ2) is 7.69. The van der Waals surface area contributed by atoms with Gasteiger partial charge in [0.05, 0.1) is 25.6 Å². The molecule has 21 heavy (non-hydrogen) atoms. The van der Waals surface area contributed by atoms with Gasteiger partial charge in [0.15, 0.2) is 5.75 Å². The Morgan fingerprint density at radius 3 is 2.33 bits per heavy atom. The number of rotatable bonds is 8. The Hall–Kier alpha value is -2.01. The van der Waals surface area contributed by atoms with E-state index in [0.717, 1.165) is 23.5 Å². The molecule has 5 nitrogen and oxygen atoms in total. The molecule has 0 atom stereocenters. The monoisotopic (exact) mass is 289 g/mol. The van der Waals surface area contributed by atoms with E-state index in [-0.39, 0.29) is 0 Å². The van der Waals surface area contributed by atoms with Crippen LogP contribution in [-0.4, -0.2) is 23.0 Å². The largest absolute Gasteiger partial charge is 0.493 e. The summed E-state index contributed by atoms with van der Waals surface area (Å²) in [7, 11) is 0. The average Bonchev–Trinajstić information content (AvgIpc) is 2.97. The van der Waals surface area contributed by atoms with Gasteiger partial charge >= 0.3 is 0 Å². The highest BCUT2D eigenvalue weighted by molar-refractivity contribution is 5.27. The standard InChI is InChI=1S/C16H23N3O2/c1-13(2)19-12-16(11-18-19)21-9-3-8-20-15-6-4-14(10-17)5-7-15/h4-7,11-13H,3,8-10,17H2,1-2H3. The van der Waals surface area contributed by atoms with E-state index in [9.17, 15) is 0 Å². The number of aromatic nitrogens is 2. The fourth-order valence-electron chi connectivity index (χ4n) is 1.84. The van der Waals surface area contributed by atoms with Crippen molar-refractivity contribution in [2.45, 2.75) is 32.9 Å². The Bertz CT molecular complexity index is 535. The third kappa shape index (κ3) is 4.79. The first-order valence-corrected chi connectivity index (χ1v) is 7.28. The lowest BCUT2D eigenvalue weighted by Gasteiger charge is -2.07. The van der Waals surface area contributed by atoms with Gasteiger partial charge < -0.3 is 15.2 Å². The molecule has 0 saturated carbocycles. The molecular weight excluding hydrogens is 266 g/mol. The van der Waals surface area contributed by atoms with Gasteiger partial charge in [-0.25, -0.2) is 0 Å². The summed E-state index contributed by atoms with van der Waals surface area (Å²) in [5, 5.41) is 4.23. The third-order valence-corrected chi connectivity index (χ3v) is 3.09. The fourth-order valence-corrected chi connectivity index (χ4v) is 1.84. The number of hydrogen-bond donors (Lipinski definition) is 1. The highest BCUT2D eigenvalue weighted by Crippen LogP contribution is 2.14. The number of nitrogens with two attached hydrogens (primary N) is 1. The molecule has 2 rings (SSSR count). The van der Waals surface area contributed by atoms with E-state index in [4.69, 9.17) is 15.2 Å². The van der Waals surface area contributed by atoms with Crippen LogP contribution < -0.4 is 15.2 Å². The third-order valence-electron chi connectivity index (χ3n) is 3.09. The average molecular weight is 289 g/mol. The smallest absolute Gasteiger partial charge is 0.157 e. The van der Waals surface area contributed by atoms with Crippen LogP contribution >= 0.6 is 0 Å². The molecule has 0 radical (unpaired) electrons. The van der Waals surface area contributed by atoms with Crippen molar-refractivity contribution in [3.8, 4) is 11.5 Å². The lowest BCUT2D eigenvalue weighted by Crippen LogP contribution is -2.05. The van der Waals surface area contributed by atoms with Gasteiger partial charge in [-0.1, -0.05) is 12.1 Å². The van der Waals surface area contributed by atoms with Crippen molar-refractivity contribution >= 4 is 0 Å². The molecule has 0 aliphatic rings. The quantitative estimate of drug-likeness (QED) is 0.759. The lowest BCUT2D eigenvalue weighted by atomic mass is 10.2. The minimum absolute atomic E-state index is 0.349. The van der Waals surface area contributed by atoms with Gasteiger partial charge in [-0.15, -0.1) is 0 Å². The maximum absolute atomic E-state index is 5.65. The predicted octanol–water partition coefficient (Wildman–Crippen LogP) is 2.77. The van der Waals surface area contributed by atoms with Gasteiger partial charge in [-0.2, -0.15) is 5.10 Å². The van der Waals surface area contributed by atoms with E-state index in [1.54, 1.807) is 6.20 Å². The van der Waals surface area contributed by atoms with Gasteiger partial charge in [0.2, 0.25) is 0 Å². The number of nitrogens with zero attached hydrogens (tertiary/aromatic N) is 2. The first-order chi connectivity index (χ1) is 10.2. The van der Waals surface area contributed by atoms with Crippen LogP contribution in [0.4, 0.5) is 0 Å². The molecule has 0 unspecified atom stereocenters. The SMILES string of the molecule is CC(C)n1cc(OCCCOc2ccc(CN)cc2)cn1. The zero-order valence-electron chi connectivity index (χ0n) is 12.7. The van der Waals surface area contributed by atoms with Gasteiger partial charge in [-0.05, 0) is 31.5 Å². The van der Waals surface area contributed by atoms with E-state index in [1.807, 2.05) is 35.1 Å². The Morgan fingerprint density at radius 1 is 1.10 bits per heavy atom. The zero-order chi connectivity index (χ0) is 15.1. The molecule has 5 heteroatoms. The second-order valence-corrected chi connectivity index (χ2v) is 5.15.